The predicted octanol–water partition coefficient (Wildman–Crippen LogP) is 7.55. The summed E-state index contributed by atoms with van der Waals surface area (Å²) in [5.41, 5.74) is 8.81. The van der Waals surface area contributed by atoms with Gasteiger partial charge in [0.1, 0.15) is 0 Å². The zero-order valence-electron chi connectivity index (χ0n) is 18.1. The summed E-state index contributed by atoms with van der Waals surface area (Å²) >= 11 is 0. The topological polar surface area (TPSA) is 25.8 Å². The molecule has 0 fully saturated rings. The number of aromatic nitrogens is 2. The monoisotopic (exact) mass is 412 g/mol. The van der Waals surface area contributed by atoms with Gasteiger partial charge < -0.3 is 0 Å². The molecule has 0 spiro atoms. The fourth-order valence-corrected chi connectivity index (χ4v) is 3.85. The van der Waals surface area contributed by atoms with E-state index in [4.69, 9.17) is 9.97 Å². The van der Waals surface area contributed by atoms with Crippen molar-refractivity contribution in [3.8, 4) is 22.6 Å². The van der Waals surface area contributed by atoms with Crippen molar-refractivity contribution in [2.45, 2.75) is 13.3 Å². The third-order valence-corrected chi connectivity index (χ3v) is 5.62. The van der Waals surface area contributed by atoms with E-state index in [0.29, 0.717) is 0 Å². The zero-order chi connectivity index (χ0) is 21.8. The first-order valence-electron chi connectivity index (χ1n) is 10.9. The first-order valence-corrected chi connectivity index (χ1v) is 10.9. The second-order valence-electron chi connectivity index (χ2n) is 7.98. The van der Waals surface area contributed by atoms with Crippen LogP contribution in [0.4, 0.5) is 0 Å². The van der Waals surface area contributed by atoms with E-state index in [0.717, 1.165) is 34.8 Å². The van der Waals surface area contributed by atoms with Crippen molar-refractivity contribution in [1.29, 1.82) is 0 Å². The van der Waals surface area contributed by atoms with Crippen LogP contribution in [0, 0.1) is 6.92 Å². The molecule has 0 radical (unpaired) electrons. The largest absolute Gasteiger partial charge is 0.228 e. The molecular weight excluding hydrogens is 388 g/mol. The van der Waals surface area contributed by atoms with Gasteiger partial charge >= 0.3 is 0 Å². The summed E-state index contributed by atoms with van der Waals surface area (Å²) in [4.78, 5) is 9.94. The van der Waals surface area contributed by atoms with Gasteiger partial charge in [0.05, 0.1) is 11.4 Å². The summed E-state index contributed by atoms with van der Waals surface area (Å²) in [6, 6.07) is 31.3. The van der Waals surface area contributed by atoms with Gasteiger partial charge in [-0.05, 0) is 42.2 Å². The second kappa shape index (κ2) is 8.99. The molecular formula is C30H24N2. The highest BCUT2D eigenvalue weighted by Gasteiger charge is 2.13. The maximum Gasteiger partial charge on any atom is 0.160 e. The third kappa shape index (κ3) is 4.35. The predicted molar refractivity (Wildman–Crippen MR) is 134 cm³/mol. The van der Waals surface area contributed by atoms with Crippen LogP contribution in [0.1, 0.15) is 23.2 Å². The van der Waals surface area contributed by atoms with Crippen molar-refractivity contribution in [2.24, 2.45) is 0 Å². The molecule has 1 heterocycles. The van der Waals surface area contributed by atoms with Crippen molar-refractivity contribution in [3.05, 3.63) is 132 Å². The van der Waals surface area contributed by atoms with Gasteiger partial charge in [-0.15, -0.1) is 0 Å². The Morgan fingerprint density at radius 2 is 1.31 bits per heavy atom. The van der Waals surface area contributed by atoms with Crippen LogP contribution in [0.15, 0.2) is 115 Å². The Kier molecular flexibility index (Phi) is 5.59. The average molecular weight is 413 g/mol. The lowest BCUT2D eigenvalue weighted by Gasteiger charge is -2.12. The molecule has 0 saturated carbocycles. The lowest BCUT2D eigenvalue weighted by molar-refractivity contribution is 1.14. The van der Waals surface area contributed by atoms with E-state index in [1.165, 1.54) is 22.3 Å². The molecule has 1 aromatic heterocycles. The van der Waals surface area contributed by atoms with E-state index in [2.05, 4.69) is 98.0 Å². The first kappa shape index (κ1) is 19.9. The van der Waals surface area contributed by atoms with Crippen LogP contribution < -0.4 is 0 Å². The molecule has 0 N–H and O–H groups in total. The van der Waals surface area contributed by atoms with E-state index in [1.807, 2.05) is 24.3 Å². The Balaban J connectivity index is 1.65. The van der Waals surface area contributed by atoms with Crippen LogP contribution in [-0.4, -0.2) is 9.97 Å². The molecule has 0 unspecified atom stereocenters. The molecule has 2 heteroatoms. The highest BCUT2D eigenvalue weighted by Crippen LogP contribution is 2.30. The van der Waals surface area contributed by atoms with Crippen LogP contribution in [0.3, 0.4) is 0 Å². The molecule has 0 amide bonds. The first-order chi connectivity index (χ1) is 15.8. The number of hydrogen-bond acceptors (Lipinski definition) is 2. The summed E-state index contributed by atoms with van der Waals surface area (Å²) in [6.07, 6.45) is 9.57. The van der Waals surface area contributed by atoms with Gasteiger partial charge in [-0.2, -0.15) is 0 Å². The number of benzene rings is 3. The quantitative estimate of drug-likeness (QED) is 0.346. The normalized spacial score (nSPS) is 13.3. The molecule has 0 atom stereocenters. The van der Waals surface area contributed by atoms with Crippen LogP contribution in [-0.2, 0) is 0 Å². The second-order valence-corrected chi connectivity index (χ2v) is 7.98. The molecule has 3 aromatic carbocycles. The van der Waals surface area contributed by atoms with Gasteiger partial charge in [-0.1, -0.05) is 109 Å². The summed E-state index contributed by atoms with van der Waals surface area (Å²) in [5.74, 6) is 0.751. The summed E-state index contributed by atoms with van der Waals surface area (Å²) < 4.78 is 0. The Hall–Kier alpha value is -4.04. The number of allylic oxidation sites excluding steroid dienone is 6. The van der Waals surface area contributed by atoms with Crippen LogP contribution >= 0.6 is 0 Å². The van der Waals surface area contributed by atoms with E-state index in [9.17, 15) is 0 Å². The standard InChI is InChI=1S/C30H24N2/c1-22-16-18-25(19-17-22)30-31-28(24-12-6-3-7-13-24)21-29(32-30)27-15-9-8-14-26(20-27)23-10-4-2-5-11-23/h2-14,16-21H,15H2,1H3. The summed E-state index contributed by atoms with van der Waals surface area (Å²) in [6.45, 7) is 2.09. The van der Waals surface area contributed by atoms with Crippen molar-refractivity contribution in [3.63, 3.8) is 0 Å². The minimum absolute atomic E-state index is 0.751. The number of rotatable bonds is 4. The molecule has 0 aliphatic heterocycles. The van der Waals surface area contributed by atoms with E-state index >= 15 is 0 Å². The fraction of sp³-hybridized carbons (Fsp3) is 0.0667. The van der Waals surface area contributed by atoms with Gasteiger partial charge in [0.2, 0.25) is 0 Å². The van der Waals surface area contributed by atoms with Crippen LogP contribution in [0.2, 0.25) is 0 Å². The van der Waals surface area contributed by atoms with Crippen molar-refractivity contribution >= 4 is 11.1 Å². The zero-order valence-corrected chi connectivity index (χ0v) is 18.1. The smallest absolute Gasteiger partial charge is 0.160 e. The molecule has 1 aliphatic rings. The summed E-state index contributed by atoms with van der Waals surface area (Å²) in [7, 11) is 0. The van der Waals surface area contributed by atoms with Gasteiger partial charge in [-0.25, -0.2) is 9.97 Å². The van der Waals surface area contributed by atoms with Crippen LogP contribution in [0.5, 0.6) is 0 Å². The fourth-order valence-electron chi connectivity index (χ4n) is 3.85. The van der Waals surface area contributed by atoms with Crippen molar-refractivity contribution in [1.82, 2.24) is 9.97 Å². The molecule has 32 heavy (non-hydrogen) atoms. The molecule has 1 aliphatic carbocycles. The lowest BCUT2D eigenvalue weighted by Crippen LogP contribution is -1.98. The van der Waals surface area contributed by atoms with Crippen molar-refractivity contribution < 1.29 is 0 Å². The van der Waals surface area contributed by atoms with Gasteiger partial charge in [-0.3, -0.25) is 0 Å². The number of aryl methyl sites for hydroxylation is 1. The Morgan fingerprint density at radius 3 is 2.03 bits per heavy atom. The molecule has 0 bridgehead atoms. The highest BCUT2D eigenvalue weighted by atomic mass is 14.9. The molecule has 0 saturated heterocycles. The van der Waals surface area contributed by atoms with E-state index in [-0.39, 0.29) is 0 Å². The van der Waals surface area contributed by atoms with E-state index in [1.54, 1.807) is 0 Å². The van der Waals surface area contributed by atoms with Crippen LogP contribution in [0.25, 0.3) is 33.8 Å². The Morgan fingerprint density at radius 1 is 0.656 bits per heavy atom. The number of nitrogens with zero attached hydrogens (tertiary/aromatic N) is 2. The minimum Gasteiger partial charge on any atom is -0.228 e. The van der Waals surface area contributed by atoms with E-state index < -0.39 is 0 Å². The molecule has 4 aromatic rings. The maximum atomic E-state index is 5.01. The van der Waals surface area contributed by atoms with Crippen molar-refractivity contribution in [2.75, 3.05) is 0 Å². The SMILES string of the molecule is Cc1ccc(-c2nc(C3=CC(c4ccccc4)=CC=CC3)cc(-c3ccccc3)n2)cc1. The van der Waals surface area contributed by atoms with Gasteiger partial charge in [0.15, 0.2) is 5.82 Å². The minimum atomic E-state index is 0.751. The molecule has 5 rings (SSSR count). The Labute approximate surface area is 189 Å². The molecule has 154 valence electrons. The number of hydrogen-bond donors (Lipinski definition) is 0. The Bertz CT molecular complexity index is 1310. The maximum absolute atomic E-state index is 5.01. The highest BCUT2D eigenvalue weighted by molar-refractivity contribution is 5.86. The average Bonchev–Trinajstić information content (AvgIpc) is 3.12. The third-order valence-electron chi connectivity index (χ3n) is 5.62. The summed E-state index contributed by atoms with van der Waals surface area (Å²) in [5, 5.41) is 0. The van der Waals surface area contributed by atoms with Gasteiger partial charge in [0, 0.05) is 11.1 Å². The molecule has 2 nitrogen and oxygen atoms in total. The lowest BCUT2D eigenvalue weighted by atomic mass is 10.00. The van der Waals surface area contributed by atoms with Gasteiger partial charge in [0.25, 0.3) is 0 Å².